The third kappa shape index (κ3) is 7.41. The molecule has 2 rings (SSSR count). The molecule has 1 atom stereocenters. The van der Waals surface area contributed by atoms with Gasteiger partial charge in [-0.25, -0.2) is 14.8 Å². The second-order valence-electron chi connectivity index (χ2n) is 11.8. The number of hydrogen-bond donors (Lipinski definition) is 1. The van der Waals surface area contributed by atoms with Crippen molar-refractivity contribution >= 4 is 30.3 Å². The van der Waals surface area contributed by atoms with Crippen LogP contribution in [0.15, 0.2) is 19.8 Å². The maximum Gasteiger partial charge on any atom is 0.408 e. The number of nitrogens with zero attached hydrogens (tertiary/aromatic N) is 2. The van der Waals surface area contributed by atoms with Gasteiger partial charge < -0.3 is 23.3 Å². The molecule has 0 fully saturated rings. The Balaban J connectivity index is 2.24. The van der Waals surface area contributed by atoms with E-state index in [9.17, 15) is 4.79 Å². The number of alkyl carbamates (subject to hydrolysis) is 1. The Labute approximate surface area is 206 Å². The Kier molecular flexibility index (Phi) is 7.97. The summed E-state index contributed by atoms with van der Waals surface area (Å²) in [5, 5.41) is 2.98. The highest BCUT2D eigenvalue weighted by Crippen LogP contribution is 2.38. The van der Waals surface area contributed by atoms with Crippen molar-refractivity contribution in [3.8, 4) is 11.6 Å². The molecule has 0 unspecified atom stereocenters. The second-order valence-corrected chi connectivity index (χ2v) is 17.3. The van der Waals surface area contributed by atoms with Gasteiger partial charge in [-0.15, -0.1) is 0 Å². The monoisotopic (exact) mass is 543 g/mol. The highest BCUT2D eigenvalue weighted by atomic mass is 79.9. The van der Waals surface area contributed by atoms with Crippen LogP contribution in [0.2, 0.25) is 18.1 Å². The molecule has 2 aromatic heterocycles. The molecule has 0 aliphatic carbocycles. The van der Waals surface area contributed by atoms with E-state index >= 15 is 0 Å². The van der Waals surface area contributed by atoms with Crippen molar-refractivity contribution in [3.63, 3.8) is 0 Å². The summed E-state index contributed by atoms with van der Waals surface area (Å²) in [7, 11) is -1.91. The summed E-state index contributed by atoms with van der Waals surface area (Å²) in [6.45, 7) is 22.7. The molecule has 2 aromatic rings. The molecular weight excluding hydrogens is 506 g/mol. The van der Waals surface area contributed by atoms with Crippen LogP contribution in [0.4, 0.5) is 4.79 Å². The molecule has 0 radical (unpaired) electrons. The van der Waals surface area contributed by atoms with Gasteiger partial charge in [0.25, 0.3) is 0 Å². The van der Waals surface area contributed by atoms with Crippen LogP contribution in [0.5, 0.6) is 0 Å². The maximum atomic E-state index is 12.4. The van der Waals surface area contributed by atoms with Gasteiger partial charge in [-0.05, 0) is 60.2 Å². The van der Waals surface area contributed by atoms with E-state index in [2.05, 4.69) is 65.1 Å². The molecule has 0 bridgehead atoms. The first-order valence-corrected chi connectivity index (χ1v) is 14.7. The molecule has 0 saturated heterocycles. The fourth-order valence-corrected chi connectivity index (χ4v) is 3.97. The van der Waals surface area contributed by atoms with Gasteiger partial charge in [0.2, 0.25) is 16.5 Å². The van der Waals surface area contributed by atoms with Crippen LogP contribution >= 0.6 is 15.9 Å². The highest BCUT2D eigenvalue weighted by Gasteiger charge is 2.38. The molecule has 8 nitrogen and oxygen atoms in total. The lowest BCUT2D eigenvalue weighted by Gasteiger charge is -2.35. The number of nitrogens with one attached hydrogen (secondary N) is 1. The normalized spacial score (nSPS) is 14.3. The molecule has 33 heavy (non-hydrogen) atoms. The van der Waals surface area contributed by atoms with Crippen molar-refractivity contribution in [1.82, 2.24) is 15.3 Å². The zero-order chi connectivity index (χ0) is 25.4. The zero-order valence-corrected chi connectivity index (χ0v) is 24.3. The van der Waals surface area contributed by atoms with Crippen molar-refractivity contribution in [2.45, 2.75) is 98.7 Å². The fourth-order valence-electron chi connectivity index (χ4n) is 2.60. The average Bonchev–Trinajstić information content (AvgIpc) is 3.20. The standard InChI is InChI=1S/C23H38BrN3O5Si/c1-21(2,3)16(27-20(28)32-22(4,5)6)19-26-15(17(24)31-19)18-25-14(12-29-18)13-30-33(10,11)23(7,8)9/h12,16H,13H2,1-11H3,(H,27,28)/t16-/m1/s1. The summed E-state index contributed by atoms with van der Waals surface area (Å²) in [6.07, 6.45) is 1.03. The van der Waals surface area contributed by atoms with Gasteiger partial charge in [0.05, 0.1) is 6.61 Å². The quantitative estimate of drug-likeness (QED) is 0.383. The van der Waals surface area contributed by atoms with Gasteiger partial charge in [0, 0.05) is 0 Å². The highest BCUT2D eigenvalue weighted by molar-refractivity contribution is 9.10. The van der Waals surface area contributed by atoms with Crippen LogP contribution in [-0.4, -0.2) is 30.0 Å². The zero-order valence-electron chi connectivity index (χ0n) is 21.7. The first kappa shape index (κ1) is 27.6. The Morgan fingerprint density at radius 3 is 2.24 bits per heavy atom. The Morgan fingerprint density at radius 2 is 1.73 bits per heavy atom. The van der Waals surface area contributed by atoms with E-state index in [4.69, 9.17) is 18.0 Å². The van der Waals surface area contributed by atoms with E-state index in [-0.39, 0.29) is 5.04 Å². The Bertz CT molecular complexity index is 964. The number of carbonyl (C=O) groups excluding carboxylic acids is 1. The number of ether oxygens (including phenoxy) is 1. The molecule has 186 valence electrons. The van der Waals surface area contributed by atoms with Crippen LogP contribution in [0.3, 0.4) is 0 Å². The smallest absolute Gasteiger partial charge is 0.408 e. The number of carbonyl (C=O) groups is 1. The molecule has 0 aliphatic rings. The molecule has 0 aromatic carbocycles. The third-order valence-corrected chi connectivity index (χ3v) is 10.5. The van der Waals surface area contributed by atoms with Gasteiger partial charge in [-0.2, -0.15) is 0 Å². The summed E-state index contributed by atoms with van der Waals surface area (Å²) in [5.41, 5.74) is 0.0990. The topological polar surface area (TPSA) is 99.6 Å². The van der Waals surface area contributed by atoms with E-state index in [1.54, 1.807) is 6.26 Å². The number of aromatic nitrogens is 2. The van der Waals surface area contributed by atoms with Crippen LogP contribution < -0.4 is 5.32 Å². The number of halogens is 1. The van der Waals surface area contributed by atoms with Crippen molar-refractivity contribution in [2.75, 3.05) is 0 Å². The summed E-state index contributed by atoms with van der Waals surface area (Å²) in [4.78, 5) is 21.5. The van der Waals surface area contributed by atoms with Crippen LogP contribution in [0.25, 0.3) is 11.6 Å². The van der Waals surface area contributed by atoms with Gasteiger partial charge in [0.1, 0.15) is 23.6 Å². The second kappa shape index (κ2) is 9.54. The first-order chi connectivity index (χ1) is 14.8. The summed E-state index contributed by atoms with van der Waals surface area (Å²) in [5.74, 6) is 0.642. The molecule has 10 heteroatoms. The number of hydrogen-bond acceptors (Lipinski definition) is 7. The third-order valence-electron chi connectivity index (χ3n) is 5.52. The lowest BCUT2D eigenvalue weighted by molar-refractivity contribution is 0.0446. The summed E-state index contributed by atoms with van der Waals surface area (Å²) in [6, 6.07) is -0.534. The predicted molar refractivity (Wildman–Crippen MR) is 133 cm³/mol. The van der Waals surface area contributed by atoms with Crippen molar-refractivity contribution in [3.05, 3.63) is 22.5 Å². The predicted octanol–water partition coefficient (Wildman–Crippen LogP) is 7.23. The molecular formula is C23H38BrN3O5Si. The van der Waals surface area contributed by atoms with Crippen molar-refractivity contribution < 1.29 is 22.8 Å². The van der Waals surface area contributed by atoms with E-state index in [1.165, 1.54) is 0 Å². The minimum atomic E-state index is -1.91. The van der Waals surface area contributed by atoms with Gasteiger partial charge in [-0.3, -0.25) is 0 Å². The first-order valence-electron chi connectivity index (χ1n) is 11.0. The van der Waals surface area contributed by atoms with Gasteiger partial charge in [-0.1, -0.05) is 41.5 Å². The van der Waals surface area contributed by atoms with E-state index in [0.717, 1.165) is 0 Å². The van der Waals surface area contributed by atoms with Gasteiger partial charge >= 0.3 is 6.09 Å². The van der Waals surface area contributed by atoms with Crippen molar-refractivity contribution in [2.24, 2.45) is 5.41 Å². The molecule has 2 heterocycles. The summed E-state index contributed by atoms with van der Waals surface area (Å²) >= 11 is 3.41. The number of oxazole rings is 2. The van der Waals surface area contributed by atoms with Gasteiger partial charge in [0.15, 0.2) is 14.0 Å². The molecule has 1 N–H and O–H groups in total. The number of amides is 1. The van der Waals surface area contributed by atoms with E-state index in [0.29, 0.717) is 34.4 Å². The minimum absolute atomic E-state index is 0.104. The molecule has 0 spiro atoms. The lowest BCUT2D eigenvalue weighted by Crippen LogP contribution is -2.40. The molecule has 0 saturated carbocycles. The van der Waals surface area contributed by atoms with Crippen LogP contribution in [-0.2, 0) is 15.8 Å². The maximum absolute atomic E-state index is 12.4. The molecule has 0 aliphatic heterocycles. The van der Waals surface area contributed by atoms with Crippen LogP contribution in [0.1, 0.15) is 79.9 Å². The fraction of sp³-hybridized carbons (Fsp3) is 0.696. The lowest BCUT2D eigenvalue weighted by atomic mass is 9.86. The molecule has 1 amide bonds. The number of rotatable bonds is 6. The Hall–Kier alpha value is -1.65. The van der Waals surface area contributed by atoms with Crippen LogP contribution in [0, 0.1) is 5.41 Å². The van der Waals surface area contributed by atoms with Crippen molar-refractivity contribution in [1.29, 1.82) is 0 Å². The average molecular weight is 545 g/mol. The SMILES string of the molecule is CC(C)(C)OC(=O)N[C@H](c1nc(-c2nc(CO[Si](C)(C)C(C)(C)C)co2)c(Br)o1)C(C)(C)C. The van der Waals surface area contributed by atoms with E-state index < -0.39 is 31.5 Å². The summed E-state index contributed by atoms with van der Waals surface area (Å²) < 4.78 is 23.6. The Morgan fingerprint density at radius 1 is 1.12 bits per heavy atom. The van der Waals surface area contributed by atoms with E-state index in [1.807, 2.05) is 41.5 Å². The largest absolute Gasteiger partial charge is 0.444 e. The minimum Gasteiger partial charge on any atom is -0.444 e.